The van der Waals surface area contributed by atoms with E-state index in [1.54, 1.807) is 0 Å². The molecule has 0 fully saturated rings. The second-order valence-electron chi connectivity index (χ2n) is 6.36. The van der Waals surface area contributed by atoms with E-state index in [2.05, 4.69) is 25.8 Å². The summed E-state index contributed by atoms with van der Waals surface area (Å²) >= 11 is 0. The molecular formula is C19H19N7O. The van der Waals surface area contributed by atoms with Gasteiger partial charge in [-0.1, -0.05) is 36.4 Å². The lowest BCUT2D eigenvalue weighted by Gasteiger charge is -2.16. The minimum Gasteiger partial charge on any atom is -0.350 e. The van der Waals surface area contributed by atoms with Crippen LogP contribution in [0.4, 0.5) is 0 Å². The highest BCUT2D eigenvalue weighted by molar-refractivity contribution is 5.83. The van der Waals surface area contributed by atoms with E-state index in [0.717, 1.165) is 28.0 Å². The molecule has 8 heteroatoms. The first-order valence-corrected chi connectivity index (χ1v) is 8.60. The van der Waals surface area contributed by atoms with Crippen LogP contribution in [0, 0.1) is 6.92 Å². The second kappa shape index (κ2) is 6.99. The number of benzene rings is 2. The molecule has 0 aliphatic carbocycles. The minimum atomic E-state index is -0.623. The molecule has 2 heterocycles. The Balaban J connectivity index is 1.55. The van der Waals surface area contributed by atoms with Gasteiger partial charge in [0.2, 0.25) is 5.91 Å². The van der Waals surface area contributed by atoms with Gasteiger partial charge in [-0.15, -0.1) is 5.10 Å². The van der Waals surface area contributed by atoms with Crippen LogP contribution in [0.5, 0.6) is 0 Å². The number of fused-ring (bicyclic) bond motifs is 1. The van der Waals surface area contributed by atoms with Crippen LogP contribution in [0.25, 0.3) is 11.0 Å². The quantitative estimate of drug-likeness (QED) is 0.585. The molecule has 4 rings (SSSR count). The third-order valence-electron chi connectivity index (χ3n) is 4.63. The smallest absolute Gasteiger partial charge is 0.249 e. The molecular weight excluding hydrogens is 342 g/mol. The van der Waals surface area contributed by atoms with E-state index in [1.165, 1.54) is 11.0 Å². The maximum absolute atomic E-state index is 12.9. The number of tetrazole rings is 1. The fourth-order valence-corrected chi connectivity index (χ4v) is 3.11. The van der Waals surface area contributed by atoms with Crippen LogP contribution >= 0.6 is 0 Å². The number of hydrogen-bond donors (Lipinski definition) is 1. The molecule has 27 heavy (non-hydrogen) atoms. The molecule has 2 aromatic heterocycles. The number of hydrogen-bond acceptors (Lipinski definition) is 5. The lowest BCUT2D eigenvalue weighted by atomic mass is 10.1. The normalized spacial score (nSPS) is 12.2. The molecule has 8 nitrogen and oxygen atoms in total. The number of aryl methyl sites for hydroxylation is 2. The fraction of sp³-hybridized carbons (Fsp3) is 0.211. The average molecular weight is 361 g/mol. The van der Waals surface area contributed by atoms with Crippen molar-refractivity contribution in [1.29, 1.82) is 0 Å². The average Bonchev–Trinajstić information content (AvgIpc) is 3.30. The van der Waals surface area contributed by atoms with Crippen LogP contribution in [0.3, 0.4) is 0 Å². The van der Waals surface area contributed by atoms with Crippen molar-refractivity contribution in [2.75, 3.05) is 0 Å². The number of nitrogens with zero attached hydrogens (tertiary/aromatic N) is 6. The third kappa shape index (κ3) is 3.29. The van der Waals surface area contributed by atoms with Gasteiger partial charge in [0.15, 0.2) is 6.04 Å². The van der Waals surface area contributed by atoms with E-state index in [-0.39, 0.29) is 5.91 Å². The van der Waals surface area contributed by atoms with E-state index in [4.69, 9.17) is 0 Å². The highest BCUT2D eigenvalue weighted by atomic mass is 16.2. The van der Waals surface area contributed by atoms with Crippen LogP contribution in [0.15, 0.2) is 54.9 Å². The predicted molar refractivity (Wildman–Crippen MR) is 99.7 cm³/mol. The number of rotatable bonds is 5. The summed E-state index contributed by atoms with van der Waals surface area (Å²) in [6.45, 7) is 2.37. The summed E-state index contributed by atoms with van der Waals surface area (Å²) < 4.78 is 3.50. The summed E-state index contributed by atoms with van der Waals surface area (Å²) in [4.78, 5) is 17.4. The zero-order chi connectivity index (χ0) is 18.8. The zero-order valence-corrected chi connectivity index (χ0v) is 15.1. The summed E-state index contributed by atoms with van der Waals surface area (Å²) in [5.41, 5.74) is 3.79. The molecule has 1 atom stereocenters. The second-order valence-corrected chi connectivity index (χ2v) is 6.36. The van der Waals surface area contributed by atoms with Gasteiger partial charge >= 0.3 is 0 Å². The van der Waals surface area contributed by atoms with E-state index < -0.39 is 6.04 Å². The summed E-state index contributed by atoms with van der Waals surface area (Å²) in [7, 11) is 1.99. The Bertz CT molecular complexity index is 1070. The van der Waals surface area contributed by atoms with Crippen molar-refractivity contribution in [3.05, 3.63) is 71.8 Å². The van der Waals surface area contributed by atoms with Crippen molar-refractivity contribution in [3.63, 3.8) is 0 Å². The highest BCUT2D eigenvalue weighted by Gasteiger charge is 2.23. The lowest BCUT2D eigenvalue weighted by Crippen LogP contribution is -2.33. The number of aromatic nitrogens is 6. The maximum Gasteiger partial charge on any atom is 0.249 e. The van der Waals surface area contributed by atoms with Crippen LogP contribution in [-0.4, -0.2) is 35.7 Å². The van der Waals surface area contributed by atoms with Crippen LogP contribution in [0.1, 0.15) is 23.0 Å². The molecule has 0 aliphatic rings. The monoisotopic (exact) mass is 361 g/mol. The van der Waals surface area contributed by atoms with Crippen LogP contribution in [0.2, 0.25) is 0 Å². The van der Waals surface area contributed by atoms with Crippen molar-refractivity contribution < 1.29 is 4.79 Å². The Morgan fingerprint density at radius 2 is 2.00 bits per heavy atom. The third-order valence-corrected chi connectivity index (χ3v) is 4.63. The topological polar surface area (TPSA) is 90.5 Å². The molecule has 1 N–H and O–H groups in total. The van der Waals surface area contributed by atoms with Gasteiger partial charge in [-0.25, -0.2) is 9.67 Å². The number of carbonyl (C=O) groups excluding carboxylic acids is 1. The Hall–Kier alpha value is -3.55. The Kier molecular flexibility index (Phi) is 4.37. The lowest BCUT2D eigenvalue weighted by molar-refractivity contribution is -0.123. The molecule has 2 aromatic carbocycles. The first kappa shape index (κ1) is 16.9. The molecule has 0 bridgehead atoms. The first-order valence-electron chi connectivity index (χ1n) is 8.60. The van der Waals surface area contributed by atoms with Gasteiger partial charge < -0.3 is 9.88 Å². The summed E-state index contributed by atoms with van der Waals surface area (Å²) in [5, 5.41) is 14.2. The SMILES string of the molecule is Cc1nc2cc(CNC(=O)[C@@H](c3ccccc3)n3cnnn3)ccc2n1C. The number of carbonyl (C=O) groups is 1. The van der Waals surface area contributed by atoms with E-state index >= 15 is 0 Å². The van der Waals surface area contributed by atoms with Gasteiger partial charge in [0.25, 0.3) is 0 Å². The summed E-state index contributed by atoms with van der Waals surface area (Å²) in [6, 6.07) is 14.8. The van der Waals surface area contributed by atoms with Crippen molar-refractivity contribution in [1.82, 2.24) is 35.1 Å². The van der Waals surface area contributed by atoms with E-state index in [1.807, 2.05) is 67.1 Å². The molecule has 0 unspecified atom stereocenters. The van der Waals surface area contributed by atoms with Crippen LogP contribution in [-0.2, 0) is 18.4 Å². The molecule has 0 radical (unpaired) electrons. The largest absolute Gasteiger partial charge is 0.350 e. The molecule has 0 spiro atoms. The fourth-order valence-electron chi connectivity index (χ4n) is 3.11. The zero-order valence-electron chi connectivity index (χ0n) is 15.1. The van der Waals surface area contributed by atoms with Crippen molar-refractivity contribution in [2.24, 2.45) is 7.05 Å². The molecule has 136 valence electrons. The Morgan fingerprint density at radius 1 is 1.19 bits per heavy atom. The maximum atomic E-state index is 12.9. The van der Waals surface area contributed by atoms with Gasteiger partial charge in [0, 0.05) is 13.6 Å². The minimum absolute atomic E-state index is 0.175. The van der Waals surface area contributed by atoms with Gasteiger partial charge in [0.1, 0.15) is 12.2 Å². The molecule has 0 aliphatic heterocycles. The van der Waals surface area contributed by atoms with Gasteiger partial charge in [0.05, 0.1) is 11.0 Å². The van der Waals surface area contributed by atoms with Gasteiger partial charge in [-0.3, -0.25) is 4.79 Å². The summed E-state index contributed by atoms with van der Waals surface area (Å²) in [5.74, 6) is 0.778. The Labute approximate surface area is 155 Å². The van der Waals surface area contributed by atoms with E-state index in [0.29, 0.717) is 6.54 Å². The summed E-state index contributed by atoms with van der Waals surface area (Å²) in [6.07, 6.45) is 1.44. The van der Waals surface area contributed by atoms with Crippen LogP contribution < -0.4 is 5.32 Å². The predicted octanol–water partition coefficient (Wildman–Crippen LogP) is 1.77. The van der Waals surface area contributed by atoms with Gasteiger partial charge in [-0.05, 0) is 40.6 Å². The standard InChI is InChI=1S/C19H19N7O/c1-13-22-16-10-14(8-9-17(16)25(13)2)11-20-19(27)18(26-12-21-23-24-26)15-6-4-3-5-7-15/h3-10,12,18H,11H2,1-2H3,(H,20,27)/t18-/m1/s1. The molecule has 0 saturated carbocycles. The molecule has 1 amide bonds. The van der Waals surface area contributed by atoms with Gasteiger partial charge in [-0.2, -0.15) is 0 Å². The van der Waals surface area contributed by atoms with E-state index in [9.17, 15) is 4.79 Å². The number of imidazole rings is 1. The van der Waals surface area contributed by atoms with Crippen molar-refractivity contribution in [2.45, 2.75) is 19.5 Å². The first-order chi connectivity index (χ1) is 13.1. The van der Waals surface area contributed by atoms with Crippen molar-refractivity contribution >= 4 is 16.9 Å². The Morgan fingerprint density at radius 3 is 2.74 bits per heavy atom. The highest BCUT2D eigenvalue weighted by Crippen LogP contribution is 2.19. The number of nitrogens with one attached hydrogen (secondary N) is 1. The number of amides is 1. The van der Waals surface area contributed by atoms with Crippen molar-refractivity contribution in [3.8, 4) is 0 Å². The molecule has 0 saturated heterocycles. The molecule has 4 aromatic rings.